The van der Waals surface area contributed by atoms with E-state index in [0.717, 1.165) is 10.0 Å². The van der Waals surface area contributed by atoms with Crippen LogP contribution in [0.3, 0.4) is 0 Å². The van der Waals surface area contributed by atoms with Gasteiger partial charge in [-0.25, -0.2) is 0 Å². The van der Waals surface area contributed by atoms with Gasteiger partial charge < -0.3 is 24.8 Å². The molecule has 0 bridgehead atoms. The average molecular weight is 487 g/mol. The van der Waals surface area contributed by atoms with E-state index in [1.165, 1.54) is 31.4 Å². The third-order valence-corrected chi connectivity index (χ3v) is 4.74. The van der Waals surface area contributed by atoms with Crippen LogP contribution in [0.2, 0.25) is 0 Å². The molecule has 2 amide bonds. The molecule has 30 heavy (non-hydrogen) atoms. The number of hydrogen-bond acceptors (Lipinski definition) is 5. The Hall–Kier alpha value is -2.88. The molecule has 2 rings (SSSR count). The van der Waals surface area contributed by atoms with Crippen LogP contribution in [0, 0.1) is 0 Å². The number of rotatable bonds is 10. The summed E-state index contributed by atoms with van der Waals surface area (Å²) in [5.41, 5.74) is 1.02. The standard InChI is InChI=1S/C20H21BrF2N2O5/c1-28-16-9-12(15(21)10-17(16)29-2)6-7-24-18(26)11-25-19(27)13-4-3-5-14(8-13)30-20(22)23/h3-5,8-10,20H,6-7,11H2,1-2H3,(H,24,26)(H,25,27). The molecule has 2 N–H and O–H groups in total. The van der Waals surface area contributed by atoms with Gasteiger partial charge in [-0.1, -0.05) is 22.0 Å². The number of halogens is 3. The smallest absolute Gasteiger partial charge is 0.387 e. The molecule has 0 heterocycles. The molecule has 0 aliphatic rings. The van der Waals surface area contributed by atoms with Crippen LogP contribution in [0.5, 0.6) is 17.2 Å². The van der Waals surface area contributed by atoms with E-state index in [1.54, 1.807) is 13.2 Å². The van der Waals surface area contributed by atoms with Gasteiger partial charge in [-0.15, -0.1) is 0 Å². The average Bonchev–Trinajstić information content (AvgIpc) is 2.72. The minimum Gasteiger partial charge on any atom is -0.493 e. The summed E-state index contributed by atoms with van der Waals surface area (Å²) >= 11 is 3.45. The molecule has 0 fully saturated rings. The Kier molecular flexibility index (Phi) is 8.85. The molecular formula is C20H21BrF2N2O5. The third-order valence-electron chi connectivity index (χ3n) is 4.00. The number of alkyl halides is 2. The molecule has 0 spiro atoms. The molecule has 0 aromatic heterocycles. The van der Waals surface area contributed by atoms with Crippen LogP contribution in [0.15, 0.2) is 40.9 Å². The summed E-state index contributed by atoms with van der Waals surface area (Å²) < 4.78 is 40.1. The van der Waals surface area contributed by atoms with E-state index in [9.17, 15) is 18.4 Å². The van der Waals surface area contributed by atoms with E-state index in [2.05, 4.69) is 31.3 Å². The van der Waals surface area contributed by atoms with Crippen molar-refractivity contribution in [1.29, 1.82) is 0 Å². The second-order valence-corrected chi connectivity index (χ2v) is 6.84. The van der Waals surface area contributed by atoms with Gasteiger partial charge in [0.25, 0.3) is 5.91 Å². The zero-order valence-electron chi connectivity index (χ0n) is 16.3. The van der Waals surface area contributed by atoms with E-state index in [1.807, 2.05) is 6.07 Å². The van der Waals surface area contributed by atoms with Gasteiger partial charge >= 0.3 is 6.61 Å². The van der Waals surface area contributed by atoms with Crippen molar-refractivity contribution < 1.29 is 32.6 Å². The van der Waals surface area contributed by atoms with Crippen molar-refractivity contribution in [2.24, 2.45) is 0 Å². The van der Waals surface area contributed by atoms with E-state index < -0.39 is 12.5 Å². The lowest BCUT2D eigenvalue weighted by molar-refractivity contribution is -0.120. The summed E-state index contributed by atoms with van der Waals surface area (Å²) in [6.45, 7) is -2.91. The molecule has 162 valence electrons. The molecule has 0 atom stereocenters. The Morgan fingerprint density at radius 2 is 1.77 bits per heavy atom. The van der Waals surface area contributed by atoms with Gasteiger partial charge in [-0.3, -0.25) is 9.59 Å². The van der Waals surface area contributed by atoms with Gasteiger partial charge in [-0.2, -0.15) is 8.78 Å². The van der Waals surface area contributed by atoms with Crippen molar-refractivity contribution in [3.05, 3.63) is 52.0 Å². The first-order valence-corrected chi connectivity index (χ1v) is 9.63. The van der Waals surface area contributed by atoms with Gasteiger partial charge in [0.15, 0.2) is 11.5 Å². The van der Waals surface area contributed by atoms with Gasteiger partial charge in [0.1, 0.15) is 5.75 Å². The number of benzene rings is 2. The minimum absolute atomic E-state index is 0.107. The van der Waals surface area contributed by atoms with E-state index in [4.69, 9.17) is 9.47 Å². The molecule has 0 unspecified atom stereocenters. The predicted molar refractivity (Wildman–Crippen MR) is 109 cm³/mol. The molecule has 7 nitrogen and oxygen atoms in total. The highest BCUT2D eigenvalue weighted by molar-refractivity contribution is 9.10. The SMILES string of the molecule is COc1cc(Br)c(CCNC(=O)CNC(=O)c2cccc(OC(F)F)c2)cc1OC. The van der Waals surface area contributed by atoms with E-state index in [0.29, 0.717) is 24.5 Å². The molecule has 2 aromatic rings. The molecule has 2 aromatic carbocycles. The Bertz CT molecular complexity index is 895. The lowest BCUT2D eigenvalue weighted by Gasteiger charge is -2.12. The predicted octanol–water partition coefficient (Wildman–Crippen LogP) is 3.16. The summed E-state index contributed by atoms with van der Waals surface area (Å²) in [7, 11) is 3.08. The lowest BCUT2D eigenvalue weighted by Crippen LogP contribution is -2.37. The number of amides is 2. The Balaban J connectivity index is 1.82. The summed E-state index contributed by atoms with van der Waals surface area (Å²) in [4.78, 5) is 24.1. The van der Waals surface area contributed by atoms with Crippen molar-refractivity contribution in [2.45, 2.75) is 13.0 Å². The highest BCUT2D eigenvalue weighted by Crippen LogP contribution is 2.33. The topological polar surface area (TPSA) is 85.9 Å². The molecule has 0 radical (unpaired) electrons. The van der Waals surface area contributed by atoms with Gasteiger partial charge in [0.2, 0.25) is 5.91 Å². The van der Waals surface area contributed by atoms with E-state index >= 15 is 0 Å². The van der Waals surface area contributed by atoms with Gasteiger partial charge in [0.05, 0.1) is 20.8 Å². The first-order valence-electron chi connectivity index (χ1n) is 8.84. The fraction of sp³-hybridized carbons (Fsp3) is 0.300. The maximum Gasteiger partial charge on any atom is 0.387 e. The maximum atomic E-state index is 12.3. The Morgan fingerprint density at radius 1 is 1.07 bits per heavy atom. The summed E-state index contributed by atoms with van der Waals surface area (Å²) in [5, 5.41) is 5.13. The largest absolute Gasteiger partial charge is 0.493 e. The number of carbonyl (C=O) groups excluding carboxylic acids is 2. The second-order valence-electron chi connectivity index (χ2n) is 5.99. The zero-order valence-corrected chi connectivity index (χ0v) is 17.9. The summed E-state index contributed by atoms with van der Waals surface area (Å²) in [5.74, 6) is 0.0604. The molecule has 0 saturated carbocycles. The first-order chi connectivity index (χ1) is 14.3. The fourth-order valence-electron chi connectivity index (χ4n) is 2.56. The number of ether oxygens (including phenoxy) is 3. The van der Waals surface area contributed by atoms with Crippen molar-refractivity contribution in [3.8, 4) is 17.2 Å². The second kappa shape index (κ2) is 11.3. The van der Waals surface area contributed by atoms with Gasteiger partial charge in [0, 0.05) is 16.6 Å². The minimum atomic E-state index is -2.99. The van der Waals surface area contributed by atoms with Gasteiger partial charge in [-0.05, 0) is 42.3 Å². The molecule has 10 heteroatoms. The van der Waals surface area contributed by atoms with Crippen molar-refractivity contribution >= 4 is 27.7 Å². The monoisotopic (exact) mass is 486 g/mol. The van der Waals surface area contributed by atoms with Crippen molar-refractivity contribution in [1.82, 2.24) is 10.6 Å². The normalized spacial score (nSPS) is 10.5. The van der Waals surface area contributed by atoms with Crippen LogP contribution in [0.25, 0.3) is 0 Å². The first kappa shape index (κ1) is 23.4. The third kappa shape index (κ3) is 6.87. The highest BCUT2D eigenvalue weighted by atomic mass is 79.9. The summed E-state index contributed by atoms with van der Waals surface area (Å²) in [6, 6.07) is 8.91. The molecule has 0 aliphatic carbocycles. The quantitative estimate of drug-likeness (QED) is 0.538. The molecule has 0 aliphatic heterocycles. The maximum absolute atomic E-state index is 12.3. The fourth-order valence-corrected chi connectivity index (χ4v) is 3.08. The Morgan fingerprint density at radius 3 is 2.43 bits per heavy atom. The van der Waals surface area contributed by atoms with Crippen LogP contribution in [0.1, 0.15) is 15.9 Å². The van der Waals surface area contributed by atoms with Crippen LogP contribution in [-0.4, -0.2) is 45.7 Å². The zero-order chi connectivity index (χ0) is 22.1. The van der Waals surface area contributed by atoms with Crippen LogP contribution < -0.4 is 24.8 Å². The lowest BCUT2D eigenvalue weighted by atomic mass is 10.1. The summed E-state index contributed by atoms with van der Waals surface area (Å²) in [6.07, 6.45) is 0.521. The molecular weight excluding hydrogens is 466 g/mol. The van der Waals surface area contributed by atoms with Crippen LogP contribution in [0.4, 0.5) is 8.78 Å². The van der Waals surface area contributed by atoms with Crippen molar-refractivity contribution in [3.63, 3.8) is 0 Å². The van der Waals surface area contributed by atoms with E-state index in [-0.39, 0.29) is 23.8 Å². The number of carbonyl (C=O) groups is 2. The highest BCUT2D eigenvalue weighted by Gasteiger charge is 2.12. The number of hydrogen-bond donors (Lipinski definition) is 2. The Labute approximate surface area is 180 Å². The van der Waals surface area contributed by atoms with Crippen LogP contribution in [-0.2, 0) is 11.2 Å². The van der Waals surface area contributed by atoms with Crippen molar-refractivity contribution in [2.75, 3.05) is 27.3 Å². The number of methoxy groups -OCH3 is 2. The number of nitrogens with one attached hydrogen (secondary N) is 2. The molecule has 0 saturated heterocycles. The van der Waals surface area contributed by atoms with Crippen LogP contribution >= 0.6 is 15.9 Å².